The number of hydrogen-bond acceptors (Lipinski definition) is 4. The molecule has 0 aliphatic rings. The topological polar surface area (TPSA) is 73.7 Å². The van der Waals surface area contributed by atoms with Crippen LogP contribution in [-0.2, 0) is 4.79 Å². The molecule has 0 bridgehead atoms. The van der Waals surface area contributed by atoms with Gasteiger partial charge in [-0.3, -0.25) is 4.79 Å². The lowest BCUT2D eigenvalue weighted by molar-refractivity contribution is -0.121. The number of aryl methyl sites for hydroxylation is 1. The molecule has 0 unspecified atom stereocenters. The van der Waals surface area contributed by atoms with Crippen LogP contribution in [0, 0.1) is 10.5 Å². The number of amides is 1. The molecule has 3 aromatic carbocycles. The number of benzene rings is 3. The highest BCUT2D eigenvalue weighted by Crippen LogP contribution is 2.25. The molecule has 3 rings (SSSR count). The highest BCUT2D eigenvalue weighted by molar-refractivity contribution is 14.1. The van der Waals surface area contributed by atoms with Crippen LogP contribution in [-0.4, -0.2) is 23.3 Å². The van der Waals surface area contributed by atoms with Gasteiger partial charge in [0.2, 0.25) is 0 Å². The van der Waals surface area contributed by atoms with Crippen molar-refractivity contribution in [2.24, 2.45) is 5.10 Å². The van der Waals surface area contributed by atoms with Crippen molar-refractivity contribution in [2.45, 2.75) is 19.9 Å². The Morgan fingerprint density at radius 1 is 1.19 bits per heavy atom. The number of fused-ring (bicyclic) bond motifs is 1. The summed E-state index contributed by atoms with van der Waals surface area (Å²) in [7, 11) is 0. The van der Waals surface area contributed by atoms with E-state index in [9.17, 15) is 9.90 Å². The molecule has 0 aliphatic heterocycles. The molecule has 5 nitrogen and oxygen atoms in total. The summed E-state index contributed by atoms with van der Waals surface area (Å²) in [6, 6.07) is 16.7. The molecule has 3 N–H and O–H groups in total. The SMILES string of the molecule is Cc1cc(I)ccc1N[C@H](C)C(=O)N/N=C\c1c(O)ccc2ccccc12. The van der Waals surface area contributed by atoms with Crippen LogP contribution in [0.1, 0.15) is 18.1 Å². The normalized spacial score (nSPS) is 12.3. The van der Waals surface area contributed by atoms with Gasteiger partial charge in [0, 0.05) is 14.8 Å². The first-order chi connectivity index (χ1) is 13.0. The molecule has 3 aromatic rings. The minimum Gasteiger partial charge on any atom is -0.507 e. The molecule has 0 saturated heterocycles. The highest BCUT2D eigenvalue weighted by atomic mass is 127. The third-order valence-corrected chi connectivity index (χ3v) is 4.94. The third-order valence-electron chi connectivity index (χ3n) is 4.27. The number of halogens is 1. The van der Waals surface area contributed by atoms with Gasteiger partial charge < -0.3 is 10.4 Å². The second-order valence-corrected chi connectivity index (χ2v) is 7.52. The lowest BCUT2D eigenvalue weighted by Gasteiger charge is -2.15. The van der Waals surface area contributed by atoms with Crippen LogP contribution in [0.25, 0.3) is 10.8 Å². The number of phenols is 1. The fourth-order valence-corrected chi connectivity index (χ4v) is 3.41. The molecular weight excluding hydrogens is 453 g/mol. The van der Waals surface area contributed by atoms with E-state index >= 15 is 0 Å². The molecule has 0 aromatic heterocycles. The average Bonchev–Trinajstić information content (AvgIpc) is 2.65. The van der Waals surface area contributed by atoms with Crippen LogP contribution >= 0.6 is 22.6 Å². The molecule has 0 saturated carbocycles. The van der Waals surface area contributed by atoms with Crippen molar-refractivity contribution < 1.29 is 9.90 Å². The van der Waals surface area contributed by atoms with E-state index < -0.39 is 6.04 Å². The molecule has 0 aliphatic carbocycles. The number of rotatable bonds is 5. The smallest absolute Gasteiger partial charge is 0.262 e. The first-order valence-electron chi connectivity index (χ1n) is 8.52. The van der Waals surface area contributed by atoms with Gasteiger partial charge in [-0.15, -0.1) is 0 Å². The van der Waals surface area contributed by atoms with Gasteiger partial charge in [-0.05, 0) is 77.0 Å². The summed E-state index contributed by atoms with van der Waals surface area (Å²) >= 11 is 2.25. The summed E-state index contributed by atoms with van der Waals surface area (Å²) in [5.74, 6) is -0.142. The van der Waals surface area contributed by atoms with Crippen molar-refractivity contribution in [1.29, 1.82) is 0 Å². The fraction of sp³-hybridized carbons (Fsp3) is 0.143. The molecule has 1 atom stereocenters. The van der Waals surface area contributed by atoms with E-state index in [1.54, 1.807) is 13.0 Å². The maximum absolute atomic E-state index is 12.3. The van der Waals surface area contributed by atoms with E-state index in [2.05, 4.69) is 44.5 Å². The first-order valence-corrected chi connectivity index (χ1v) is 9.60. The molecule has 0 heterocycles. The van der Waals surface area contributed by atoms with Crippen molar-refractivity contribution in [3.8, 4) is 5.75 Å². The van der Waals surface area contributed by atoms with E-state index in [1.807, 2.05) is 49.4 Å². The Balaban J connectivity index is 1.69. The predicted octanol–water partition coefficient (Wildman–Crippen LogP) is 4.41. The Kier molecular flexibility index (Phi) is 5.95. The predicted molar refractivity (Wildman–Crippen MR) is 118 cm³/mol. The van der Waals surface area contributed by atoms with Crippen molar-refractivity contribution in [3.05, 3.63) is 69.3 Å². The third kappa shape index (κ3) is 4.57. The summed E-state index contributed by atoms with van der Waals surface area (Å²) in [6.07, 6.45) is 1.47. The number of anilines is 1. The van der Waals surface area contributed by atoms with Crippen LogP contribution in [0.3, 0.4) is 0 Å². The van der Waals surface area contributed by atoms with Crippen molar-refractivity contribution in [1.82, 2.24) is 5.43 Å². The van der Waals surface area contributed by atoms with Gasteiger partial charge in [0.15, 0.2) is 0 Å². The zero-order valence-corrected chi connectivity index (χ0v) is 17.2. The van der Waals surface area contributed by atoms with E-state index in [0.717, 1.165) is 25.6 Å². The minimum atomic E-state index is -0.456. The summed E-state index contributed by atoms with van der Waals surface area (Å²) < 4.78 is 1.15. The Labute approximate surface area is 171 Å². The molecule has 1 amide bonds. The number of carbonyl (C=O) groups excluding carboxylic acids is 1. The number of nitrogens with one attached hydrogen (secondary N) is 2. The standard InChI is InChI=1S/C21H20IN3O2/c1-13-11-16(22)8-9-19(13)24-14(2)21(27)25-23-12-18-17-6-4-3-5-15(17)7-10-20(18)26/h3-12,14,24,26H,1-2H3,(H,25,27)/b23-12-/t14-/m1/s1. The zero-order valence-electron chi connectivity index (χ0n) is 15.0. The van der Waals surface area contributed by atoms with Gasteiger partial charge in [-0.25, -0.2) is 5.43 Å². The Bertz CT molecular complexity index is 1020. The monoisotopic (exact) mass is 473 g/mol. The first kappa shape index (κ1) is 19.2. The number of hydrogen-bond donors (Lipinski definition) is 3. The van der Waals surface area contributed by atoms with Crippen LogP contribution in [0.5, 0.6) is 5.75 Å². The number of aromatic hydroxyl groups is 1. The Morgan fingerprint density at radius 2 is 1.96 bits per heavy atom. The maximum atomic E-state index is 12.3. The second-order valence-electron chi connectivity index (χ2n) is 6.28. The van der Waals surface area contributed by atoms with Crippen LogP contribution in [0.4, 0.5) is 5.69 Å². The van der Waals surface area contributed by atoms with E-state index in [4.69, 9.17) is 0 Å². The largest absolute Gasteiger partial charge is 0.507 e. The number of carbonyl (C=O) groups is 1. The van der Waals surface area contributed by atoms with E-state index in [0.29, 0.717) is 5.56 Å². The highest BCUT2D eigenvalue weighted by Gasteiger charge is 2.13. The fourth-order valence-electron chi connectivity index (χ4n) is 2.76. The van der Waals surface area contributed by atoms with Gasteiger partial charge in [0.05, 0.1) is 6.21 Å². The summed E-state index contributed by atoms with van der Waals surface area (Å²) in [5, 5.41) is 19.2. The molecular formula is C21H20IN3O2. The van der Waals surface area contributed by atoms with Gasteiger partial charge in [-0.2, -0.15) is 5.10 Å². The lowest BCUT2D eigenvalue weighted by Crippen LogP contribution is -2.35. The quantitative estimate of drug-likeness (QED) is 0.292. The maximum Gasteiger partial charge on any atom is 0.262 e. The summed E-state index contributed by atoms with van der Waals surface area (Å²) in [4.78, 5) is 12.3. The summed E-state index contributed by atoms with van der Waals surface area (Å²) in [5.41, 5.74) is 5.09. The molecule has 6 heteroatoms. The van der Waals surface area contributed by atoms with Gasteiger partial charge in [0.25, 0.3) is 5.91 Å². The minimum absolute atomic E-state index is 0.118. The van der Waals surface area contributed by atoms with E-state index in [1.165, 1.54) is 6.21 Å². The van der Waals surface area contributed by atoms with Gasteiger partial charge in [0.1, 0.15) is 11.8 Å². The number of hydrazone groups is 1. The number of phenolic OH excluding ortho intramolecular Hbond substituents is 1. The zero-order chi connectivity index (χ0) is 19.4. The van der Waals surface area contributed by atoms with Crippen molar-refractivity contribution >= 4 is 51.2 Å². The number of nitrogens with zero attached hydrogens (tertiary/aromatic N) is 1. The molecule has 0 fully saturated rings. The molecule has 27 heavy (non-hydrogen) atoms. The van der Waals surface area contributed by atoms with Crippen LogP contribution in [0.15, 0.2) is 59.7 Å². The van der Waals surface area contributed by atoms with Crippen molar-refractivity contribution in [2.75, 3.05) is 5.32 Å². The van der Waals surface area contributed by atoms with Crippen molar-refractivity contribution in [3.63, 3.8) is 0 Å². The average molecular weight is 473 g/mol. The van der Waals surface area contributed by atoms with Gasteiger partial charge in [-0.1, -0.05) is 30.3 Å². The Hall–Kier alpha value is -2.61. The molecule has 138 valence electrons. The summed E-state index contributed by atoms with van der Waals surface area (Å²) in [6.45, 7) is 3.77. The molecule has 0 radical (unpaired) electrons. The Morgan fingerprint density at radius 3 is 2.74 bits per heavy atom. The second kappa shape index (κ2) is 8.39. The van der Waals surface area contributed by atoms with Crippen LogP contribution in [0.2, 0.25) is 0 Å². The van der Waals surface area contributed by atoms with Crippen LogP contribution < -0.4 is 10.7 Å². The van der Waals surface area contributed by atoms with Gasteiger partial charge >= 0.3 is 0 Å². The van der Waals surface area contributed by atoms with E-state index in [-0.39, 0.29) is 11.7 Å². The molecule has 0 spiro atoms. The lowest BCUT2D eigenvalue weighted by atomic mass is 10.0.